The zero-order chi connectivity index (χ0) is 15.4. The minimum absolute atomic E-state index is 0.182. The monoisotopic (exact) mass is 354 g/mol. The number of carbonyl (C=O) groups is 3. The molecule has 6 nitrogen and oxygen atoms in total. The van der Waals surface area contributed by atoms with Crippen molar-refractivity contribution < 1.29 is 19.5 Å². The van der Waals surface area contributed by atoms with Crippen LogP contribution in [0.2, 0.25) is 0 Å². The molecule has 2 atom stereocenters. The highest BCUT2D eigenvalue weighted by molar-refractivity contribution is 9.10. The summed E-state index contributed by atoms with van der Waals surface area (Å²) in [6.45, 7) is 0. The second kappa shape index (κ2) is 6.71. The number of carboxylic acid groups (broad SMARTS) is 1. The summed E-state index contributed by atoms with van der Waals surface area (Å²) in [5.74, 6) is -1.75. The third-order valence-corrected chi connectivity index (χ3v) is 3.75. The van der Waals surface area contributed by atoms with Crippen molar-refractivity contribution in [3.63, 3.8) is 0 Å². The summed E-state index contributed by atoms with van der Waals surface area (Å²) in [7, 11) is 0. The van der Waals surface area contributed by atoms with Crippen LogP contribution in [-0.4, -0.2) is 35.0 Å². The van der Waals surface area contributed by atoms with E-state index in [1.54, 1.807) is 18.2 Å². The van der Waals surface area contributed by atoms with Gasteiger partial charge in [0.15, 0.2) is 0 Å². The van der Waals surface area contributed by atoms with E-state index in [1.165, 1.54) is 0 Å². The van der Waals surface area contributed by atoms with E-state index in [0.717, 1.165) is 10.0 Å². The predicted molar refractivity (Wildman–Crippen MR) is 78.6 cm³/mol. The van der Waals surface area contributed by atoms with Crippen LogP contribution in [0.3, 0.4) is 0 Å². The Balaban J connectivity index is 2.00. The lowest BCUT2D eigenvalue weighted by atomic mass is 10.1. The number of aliphatic carboxylic acids is 1. The molecule has 0 unspecified atom stereocenters. The molecule has 1 aromatic carbocycles. The van der Waals surface area contributed by atoms with Crippen molar-refractivity contribution in [3.05, 3.63) is 34.3 Å². The molecule has 7 heteroatoms. The van der Waals surface area contributed by atoms with Crippen LogP contribution in [-0.2, 0) is 20.8 Å². The highest BCUT2D eigenvalue weighted by atomic mass is 79.9. The quantitative estimate of drug-likeness (QED) is 0.729. The second-order valence-corrected chi connectivity index (χ2v) is 5.81. The molecular formula is C14H15BrN2O4. The summed E-state index contributed by atoms with van der Waals surface area (Å²) in [6.07, 6.45) is 0.872. The Labute approximate surface area is 130 Å². The molecule has 0 bridgehead atoms. The van der Waals surface area contributed by atoms with Gasteiger partial charge in [-0.25, -0.2) is 4.79 Å². The molecular weight excluding hydrogens is 340 g/mol. The molecule has 0 aliphatic carbocycles. The van der Waals surface area contributed by atoms with E-state index >= 15 is 0 Å². The van der Waals surface area contributed by atoms with Gasteiger partial charge in [0.2, 0.25) is 11.8 Å². The zero-order valence-electron chi connectivity index (χ0n) is 11.1. The highest BCUT2D eigenvalue weighted by Crippen LogP contribution is 2.14. The first kappa shape index (κ1) is 15.5. The van der Waals surface area contributed by atoms with Crippen LogP contribution in [0.15, 0.2) is 28.7 Å². The maximum absolute atomic E-state index is 12.0. The van der Waals surface area contributed by atoms with E-state index in [4.69, 9.17) is 0 Å². The number of carboxylic acids is 1. The Kier molecular flexibility index (Phi) is 4.95. The number of rotatable bonds is 5. The maximum Gasteiger partial charge on any atom is 0.326 e. The summed E-state index contributed by atoms with van der Waals surface area (Å²) in [5.41, 5.74) is 0.799. The van der Waals surface area contributed by atoms with Crippen LogP contribution in [0.5, 0.6) is 0 Å². The van der Waals surface area contributed by atoms with E-state index in [1.807, 2.05) is 6.07 Å². The van der Waals surface area contributed by atoms with Crippen molar-refractivity contribution in [2.45, 2.75) is 31.3 Å². The number of carbonyl (C=O) groups excluding carboxylic acids is 2. The molecule has 1 saturated heterocycles. The van der Waals surface area contributed by atoms with Gasteiger partial charge < -0.3 is 15.7 Å². The van der Waals surface area contributed by atoms with Crippen LogP contribution in [0.25, 0.3) is 0 Å². The van der Waals surface area contributed by atoms with Gasteiger partial charge in [0.05, 0.1) is 0 Å². The molecule has 0 radical (unpaired) electrons. The normalized spacial score (nSPS) is 18.9. The van der Waals surface area contributed by atoms with Crippen LogP contribution in [0, 0.1) is 0 Å². The van der Waals surface area contributed by atoms with Gasteiger partial charge in [-0.15, -0.1) is 0 Å². The summed E-state index contributed by atoms with van der Waals surface area (Å²) < 4.78 is 0.846. The van der Waals surface area contributed by atoms with E-state index in [9.17, 15) is 19.5 Å². The van der Waals surface area contributed by atoms with E-state index in [0.29, 0.717) is 12.8 Å². The van der Waals surface area contributed by atoms with Crippen molar-refractivity contribution in [3.8, 4) is 0 Å². The number of amides is 2. The largest absolute Gasteiger partial charge is 0.480 e. The summed E-state index contributed by atoms with van der Waals surface area (Å²) in [4.78, 5) is 34.3. The van der Waals surface area contributed by atoms with Crippen molar-refractivity contribution in [2.75, 3.05) is 0 Å². The van der Waals surface area contributed by atoms with Gasteiger partial charge in [0, 0.05) is 17.3 Å². The lowest BCUT2D eigenvalue weighted by Gasteiger charge is -2.17. The lowest BCUT2D eigenvalue weighted by molar-refractivity contribution is -0.142. The molecule has 1 aromatic rings. The van der Waals surface area contributed by atoms with Crippen molar-refractivity contribution >= 4 is 33.7 Å². The SMILES string of the molecule is O=C1CC[C@H](C(=O)N[C@@H](Cc2cccc(Br)c2)C(=O)O)N1. The number of hydrogen-bond acceptors (Lipinski definition) is 3. The zero-order valence-corrected chi connectivity index (χ0v) is 12.7. The molecule has 1 fully saturated rings. The first-order valence-corrected chi connectivity index (χ1v) is 7.32. The molecule has 2 amide bonds. The van der Waals surface area contributed by atoms with Crippen LogP contribution in [0.4, 0.5) is 0 Å². The number of benzene rings is 1. The minimum Gasteiger partial charge on any atom is -0.480 e. The third kappa shape index (κ3) is 4.29. The van der Waals surface area contributed by atoms with Gasteiger partial charge in [-0.1, -0.05) is 28.1 Å². The average Bonchev–Trinajstić information content (AvgIpc) is 2.84. The van der Waals surface area contributed by atoms with Crippen LogP contribution < -0.4 is 10.6 Å². The molecule has 1 heterocycles. The number of nitrogens with one attached hydrogen (secondary N) is 2. The molecule has 0 saturated carbocycles. The van der Waals surface area contributed by atoms with Crippen LogP contribution >= 0.6 is 15.9 Å². The summed E-state index contributed by atoms with van der Waals surface area (Å²) >= 11 is 3.32. The van der Waals surface area contributed by atoms with E-state index in [2.05, 4.69) is 26.6 Å². The lowest BCUT2D eigenvalue weighted by Crippen LogP contribution is -2.49. The van der Waals surface area contributed by atoms with Crippen molar-refractivity contribution in [1.29, 1.82) is 0 Å². The highest BCUT2D eigenvalue weighted by Gasteiger charge is 2.30. The fourth-order valence-electron chi connectivity index (χ4n) is 2.18. The Morgan fingerprint density at radius 3 is 2.81 bits per heavy atom. The Morgan fingerprint density at radius 1 is 1.48 bits per heavy atom. The summed E-state index contributed by atoms with van der Waals surface area (Å²) in [5, 5.41) is 14.2. The Hall–Kier alpha value is -1.89. The maximum atomic E-state index is 12.0. The molecule has 1 aliphatic heterocycles. The molecule has 0 spiro atoms. The smallest absolute Gasteiger partial charge is 0.326 e. The third-order valence-electron chi connectivity index (χ3n) is 3.26. The molecule has 0 aromatic heterocycles. The van der Waals surface area contributed by atoms with Gasteiger partial charge in [-0.05, 0) is 24.1 Å². The summed E-state index contributed by atoms with van der Waals surface area (Å²) in [6, 6.07) is 5.58. The van der Waals surface area contributed by atoms with E-state index < -0.39 is 24.0 Å². The molecule has 2 rings (SSSR count). The fraction of sp³-hybridized carbons (Fsp3) is 0.357. The molecule has 112 valence electrons. The number of hydrogen-bond donors (Lipinski definition) is 3. The second-order valence-electron chi connectivity index (χ2n) is 4.89. The van der Waals surface area contributed by atoms with Crippen molar-refractivity contribution in [2.24, 2.45) is 0 Å². The molecule has 3 N–H and O–H groups in total. The Bertz CT molecular complexity index is 576. The first-order chi connectivity index (χ1) is 9.95. The van der Waals surface area contributed by atoms with Gasteiger partial charge >= 0.3 is 5.97 Å². The van der Waals surface area contributed by atoms with Crippen LogP contribution in [0.1, 0.15) is 18.4 Å². The van der Waals surface area contributed by atoms with Gasteiger partial charge in [0.25, 0.3) is 0 Å². The fourth-order valence-corrected chi connectivity index (χ4v) is 2.63. The standard InChI is InChI=1S/C14H15BrN2O4/c15-9-3-1-2-8(6-9)7-11(14(20)21)17-13(19)10-4-5-12(18)16-10/h1-3,6,10-11H,4-5,7H2,(H,16,18)(H,17,19)(H,20,21)/t10-,11+/m1/s1. The first-order valence-electron chi connectivity index (χ1n) is 6.52. The van der Waals surface area contributed by atoms with E-state index in [-0.39, 0.29) is 12.3 Å². The minimum atomic E-state index is -1.10. The van der Waals surface area contributed by atoms with Gasteiger partial charge in [0.1, 0.15) is 12.1 Å². The number of halogens is 1. The van der Waals surface area contributed by atoms with Gasteiger partial charge in [-0.3, -0.25) is 9.59 Å². The average molecular weight is 355 g/mol. The molecule has 21 heavy (non-hydrogen) atoms. The predicted octanol–water partition coefficient (Wildman–Crippen LogP) is 0.840. The molecule has 1 aliphatic rings. The van der Waals surface area contributed by atoms with Gasteiger partial charge in [-0.2, -0.15) is 0 Å². The Morgan fingerprint density at radius 2 is 2.24 bits per heavy atom. The van der Waals surface area contributed by atoms with Crippen molar-refractivity contribution in [1.82, 2.24) is 10.6 Å². The topological polar surface area (TPSA) is 95.5 Å².